The van der Waals surface area contributed by atoms with Crippen molar-refractivity contribution in [3.63, 3.8) is 0 Å². The molecule has 2 aromatic carbocycles. The molecular weight excluding hydrogens is 297 g/mol. The van der Waals surface area contributed by atoms with Crippen LogP contribution in [-0.4, -0.2) is 17.3 Å². The van der Waals surface area contributed by atoms with Crippen molar-refractivity contribution in [3.8, 4) is 0 Å². The van der Waals surface area contributed by atoms with Crippen LogP contribution in [0.3, 0.4) is 0 Å². The largest absolute Gasteiger partial charge is 0.317 e. The second kappa shape index (κ2) is 5.40. The molecule has 2 nitrogen and oxygen atoms in total. The third-order valence-electron chi connectivity index (χ3n) is 4.54. The van der Waals surface area contributed by atoms with Crippen molar-refractivity contribution in [2.45, 2.75) is 24.5 Å². The van der Waals surface area contributed by atoms with Crippen LogP contribution in [0.25, 0.3) is 0 Å². The van der Waals surface area contributed by atoms with Crippen LogP contribution in [0.2, 0.25) is 0 Å². The van der Waals surface area contributed by atoms with E-state index in [-0.39, 0.29) is 5.60 Å². The van der Waals surface area contributed by atoms with Crippen LogP contribution >= 0.6 is 19.7 Å². The number of benzene rings is 2. The van der Waals surface area contributed by atoms with Crippen LogP contribution in [-0.2, 0) is 10.1 Å². The summed E-state index contributed by atoms with van der Waals surface area (Å²) in [7, 11) is -0.813. The number of fused-ring (bicyclic) bond motifs is 1. The first-order valence-corrected chi connectivity index (χ1v) is 9.74. The smallest absolute Gasteiger partial charge is 0.167 e. The quantitative estimate of drug-likeness (QED) is 0.643. The maximum absolute atomic E-state index is 6.54. The van der Waals surface area contributed by atoms with Crippen LogP contribution in [0.1, 0.15) is 24.0 Å². The second-order valence-electron chi connectivity index (χ2n) is 5.63. The van der Waals surface area contributed by atoms with Crippen molar-refractivity contribution in [2.75, 3.05) is 6.54 Å². The van der Waals surface area contributed by atoms with Gasteiger partial charge in [0.2, 0.25) is 0 Å². The van der Waals surface area contributed by atoms with Crippen molar-refractivity contribution >= 4 is 19.7 Å². The van der Waals surface area contributed by atoms with Gasteiger partial charge >= 0.3 is 0 Å². The molecule has 2 aliphatic rings. The van der Waals surface area contributed by atoms with Gasteiger partial charge in [-0.05, 0) is 24.0 Å². The Hall–Kier alpha value is -0.860. The van der Waals surface area contributed by atoms with Crippen LogP contribution in [0.4, 0.5) is 0 Å². The van der Waals surface area contributed by atoms with Crippen molar-refractivity contribution in [1.82, 2.24) is 4.67 Å². The minimum Gasteiger partial charge on any atom is -0.317 e. The number of hydrogen-bond donors (Lipinski definition) is 1. The van der Waals surface area contributed by atoms with E-state index in [0.717, 1.165) is 6.54 Å². The molecule has 4 rings (SSSR count). The SMILES string of the molecule is SP1OC(c2ccccc2)(c2ccccc2)C2CCCN21. The average Bonchev–Trinajstić information content (AvgIpc) is 3.13. The molecule has 0 amide bonds. The van der Waals surface area contributed by atoms with Crippen molar-refractivity contribution in [2.24, 2.45) is 0 Å². The minimum absolute atomic E-state index is 0.369. The number of hydrogen-bond acceptors (Lipinski definition) is 3. The first-order valence-electron chi connectivity index (χ1n) is 7.38. The highest BCUT2D eigenvalue weighted by molar-refractivity contribution is 8.42. The molecule has 2 atom stereocenters. The molecular formula is C17H18NOPS. The minimum atomic E-state index is -0.813. The monoisotopic (exact) mass is 315 g/mol. The fraction of sp³-hybridized carbons (Fsp3) is 0.294. The molecule has 2 saturated heterocycles. The topological polar surface area (TPSA) is 12.5 Å². The lowest BCUT2D eigenvalue weighted by Gasteiger charge is -2.34. The molecule has 2 aromatic rings. The van der Waals surface area contributed by atoms with E-state index in [9.17, 15) is 0 Å². The standard InChI is InChI=1S/C17H18NOPS/c21-20-18-13-7-12-16(18)17(19-20,14-8-3-1-4-9-14)15-10-5-2-6-11-15/h1-6,8-11,16,21H,7,12-13H2. The van der Waals surface area contributed by atoms with Crippen LogP contribution in [0.5, 0.6) is 0 Å². The summed E-state index contributed by atoms with van der Waals surface area (Å²) < 4.78 is 9.00. The van der Waals surface area contributed by atoms with E-state index in [1.165, 1.54) is 24.0 Å². The summed E-state index contributed by atoms with van der Waals surface area (Å²) in [6.07, 6.45) is 2.40. The maximum Gasteiger partial charge on any atom is 0.167 e. The third kappa shape index (κ3) is 2.07. The predicted octanol–water partition coefficient (Wildman–Crippen LogP) is 4.58. The van der Waals surface area contributed by atoms with Crippen molar-refractivity contribution in [3.05, 3.63) is 71.8 Å². The first-order chi connectivity index (χ1) is 10.3. The fourth-order valence-electron chi connectivity index (χ4n) is 3.64. The summed E-state index contributed by atoms with van der Waals surface area (Å²) in [6.45, 7) is 1.10. The molecule has 0 saturated carbocycles. The van der Waals surface area contributed by atoms with Crippen molar-refractivity contribution < 1.29 is 4.52 Å². The number of rotatable bonds is 2. The van der Waals surface area contributed by atoms with Gasteiger partial charge in [0, 0.05) is 6.54 Å². The van der Waals surface area contributed by atoms with Gasteiger partial charge in [0.25, 0.3) is 0 Å². The summed E-state index contributed by atoms with van der Waals surface area (Å²) in [4.78, 5) is 0. The van der Waals surface area contributed by atoms with Gasteiger partial charge < -0.3 is 4.52 Å². The number of nitrogens with zero attached hydrogens (tertiary/aromatic N) is 1. The van der Waals surface area contributed by atoms with Gasteiger partial charge in [-0.25, -0.2) is 4.67 Å². The Bertz CT molecular complexity index is 582. The lowest BCUT2D eigenvalue weighted by molar-refractivity contribution is 0.114. The molecule has 2 unspecified atom stereocenters. The van der Waals surface area contributed by atoms with Gasteiger partial charge in [-0.3, -0.25) is 0 Å². The summed E-state index contributed by atoms with van der Waals surface area (Å²) in [5.41, 5.74) is 2.12. The van der Waals surface area contributed by atoms with Gasteiger partial charge in [0.1, 0.15) is 5.60 Å². The molecule has 21 heavy (non-hydrogen) atoms. The van der Waals surface area contributed by atoms with Gasteiger partial charge in [0.15, 0.2) is 7.50 Å². The van der Waals surface area contributed by atoms with Crippen LogP contribution < -0.4 is 0 Å². The lowest BCUT2D eigenvalue weighted by atomic mass is 9.79. The van der Waals surface area contributed by atoms with Gasteiger partial charge in [-0.1, -0.05) is 60.7 Å². The Morgan fingerprint density at radius 2 is 1.57 bits per heavy atom. The zero-order valence-electron chi connectivity index (χ0n) is 11.7. The molecule has 0 bridgehead atoms. The van der Waals surface area contributed by atoms with E-state index in [2.05, 4.69) is 65.3 Å². The van der Waals surface area contributed by atoms with Gasteiger partial charge in [0.05, 0.1) is 6.04 Å². The summed E-state index contributed by atoms with van der Waals surface area (Å²) in [6, 6.07) is 21.7. The summed E-state index contributed by atoms with van der Waals surface area (Å²) >= 11 is 4.75. The normalized spacial score (nSPS) is 27.7. The molecule has 2 heterocycles. The molecule has 108 valence electrons. The molecule has 0 aliphatic carbocycles. The Balaban J connectivity index is 1.92. The maximum atomic E-state index is 6.54. The van der Waals surface area contributed by atoms with Gasteiger partial charge in [-0.15, -0.1) is 12.2 Å². The zero-order chi connectivity index (χ0) is 14.3. The highest BCUT2D eigenvalue weighted by Gasteiger charge is 2.56. The fourth-order valence-corrected chi connectivity index (χ4v) is 6.19. The number of thiol groups is 1. The Kier molecular flexibility index (Phi) is 3.55. The van der Waals surface area contributed by atoms with E-state index in [0.29, 0.717) is 6.04 Å². The Morgan fingerprint density at radius 1 is 1.00 bits per heavy atom. The molecule has 2 fully saturated rings. The molecule has 4 heteroatoms. The molecule has 2 aliphatic heterocycles. The zero-order valence-corrected chi connectivity index (χ0v) is 13.5. The van der Waals surface area contributed by atoms with E-state index in [1.54, 1.807) is 0 Å². The highest BCUT2D eigenvalue weighted by atomic mass is 32.7. The second-order valence-corrected chi connectivity index (χ2v) is 7.86. The predicted molar refractivity (Wildman–Crippen MR) is 90.4 cm³/mol. The average molecular weight is 315 g/mol. The van der Waals surface area contributed by atoms with E-state index >= 15 is 0 Å². The van der Waals surface area contributed by atoms with E-state index in [1.807, 2.05) is 0 Å². The van der Waals surface area contributed by atoms with E-state index < -0.39 is 7.50 Å². The summed E-state index contributed by atoms with van der Waals surface area (Å²) in [5, 5.41) is 0. The highest BCUT2D eigenvalue weighted by Crippen LogP contribution is 2.66. The van der Waals surface area contributed by atoms with E-state index in [4.69, 9.17) is 16.8 Å². The van der Waals surface area contributed by atoms with Crippen molar-refractivity contribution in [1.29, 1.82) is 0 Å². The Morgan fingerprint density at radius 3 is 2.14 bits per heavy atom. The molecule has 0 radical (unpaired) electrons. The lowest BCUT2D eigenvalue weighted by Crippen LogP contribution is -2.40. The van der Waals surface area contributed by atoms with Crippen LogP contribution in [0.15, 0.2) is 60.7 Å². The Labute approximate surface area is 132 Å². The molecule has 0 spiro atoms. The summed E-state index contributed by atoms with van der Waals surface area (Å²) in [5.74, 6) is 0. The third-order valence-corrected chi connectivity index (χ3v) is 6.85. The van der Waals surface area contributed by atoms with Gasteiger partial charge in [-0.2, -0.15) is 0 Å². The van der Waals surface area contributed by atoms with Crippen LogP contribution in [0, 0.1) is 0 Å². The first kappa shape index (κ1) is 13.8. The molecule has 0 aromatic heterocycles. The molecule has 0 N–H and O–H groups in total.